The Bertz CT molecular complexity index is 224. The lowest BCUT2D eigenvalue weighted by Crippen LogP contribution is -2.52. The summed E-state index contributed by atoms with van der Waals surface area (Å²) in [5.74, 6) is 0.946. The Morgan fingerprint density at radius 2 is 1.71 bits per heavy atom. The van der Waals surface area contributed by atoms with E-state index in [1.54, 1.807) is 0 Å². The van der Waals surface area contributed by atoms with Crippen LogP contribution in [0.1, 0.15) is 44.9 Å². The summed E-state index contributed by atoms with van der Waals surface area (Å²) in [4.78, 5) is 14.5. The van der Waals surface area contributed by atoms with Crippen LogP contribution >= 0.6 is 0 Å². The van der Waals surface area contributed by atoms with Gasteiger partial charge in [0.25, 0.3) is 0 Å². The summed E-state index contributed by atoms with van der Waals surface area (Å²) in [5, 5.41) is 0. The molecule has 0 amide bonds. The van der Waals surface area contributed by atoms with Crippen LogP contribution in [0.5, 0.6) is 0 Å². The molecule has 2 rings (SSSR count). The molecule has 0 spiro atoms. The molecule has 2 heteroatoms. The van der Waals surface area contributed by atoms with Crippen molar-refractivity contribution in [1.29, 1.82) is 0 Å². The Balaban J connectivity index is 2.12. The minimum Gasteiger partial charge on any atom is -0.297 e. The van der Waals surface area contributed by atoms with Crippen LogP contribution in [0.3, 0.4) is 0 Å². The first-order chi connectivity index (χ1) is 6.67. The molecule has 0 aliphatic heterocycles. The van der Waals surface area contributed by atoms with Gasteiger partial charge in [0.1, 0.15) is 0 Å². The first-order valence-corrected chi connectivity index (χ1v) is 5.88. The molecule has 80 valence electrons. The van der Waals surface area contributed by atoms with E-state index in [0.717, 1.165) is 25.7 Å². The molecule has 14 heavy (non-hydrogen) atoms. The van der Waals surface area contributed by atoms with Crippen molar-refractivity contribution in [3.05, 3.63) is 0 Å². The number of rotatable bonds is 3. The Labute approximate surface area is 86.7 Å². The van der Waals surface area contributed by atoms with Gasteiger partial charge in [-0.2, -0.15) is 0 Å². The highest BCUT2D eigenvalue weighted by Crippen LogP contribution is 2.41. The van der Waals surface area contributed by atoms with E-state index in [0.29, 0.717) is 11.7 Å². The summed E-state index contributed by atoms with van der Waals surface area (Å²) in [5.41, 5.74) is -0.0783. The third-order valence-electron chi connectivity index (χ3n) is 4.22. The molecule has 0 saturated heterocycles. The van der Waals surface area contributed by atoms with E-state index in [9.17, 15) is 4.79 Å². The molecule has 0 N–H and O–H groups in total. The molecule has 2 fully saturated rings. The molecule has 2 nitrogen and oxygen atoms in total. The number of carbonyl (C=O) groups is 1. The van der Waals surface area contributed by atoms with Crippen LogP contribution < -0.4 is 0 Å². The van der Waals surface area contributed by atoms with Crippen molar-refractivity contribution >= 4 is 5.78 Å². The Hall–Kier alpha value is -0.370. The molecule has 0 atom stereocenters. The summed E-state index contributed by atoms with van der Waals surface area (Å²) in [6.45, 7) is 0. The number of ketones is 1. The number of nitrogens with zero attached hydrogens (tertiary/aromatic N) is 1. The standard InChI is InChI=1S/C12H21NO/c1-13(2)12(8-3-4-9-12)11(14)10-6-5-7-10/h10H,3-9H2,1-2H3. The summed E-state index contributed by atoms with van der Waals surface area (Å²) >= 11 is 0. The van der Waals surface area contributed by atoms with Gasteiger partial charge in [-0.1, -0.05) is 19.3 Å². The van der Waals surface area contributed by atoms with Crippen molar-refractivity contribution in [2.24, 2.45) is 5.92 Å². The maximum Gasteiger partial charge on any atom is 0.156 e. The molecule has 0 radical (unpaired) electrons. The molecule has 0 aromatic heterocycles. The van der Waals surface area contributed by atoms with Gasteiger partial charge in [-0.05, 0) is 39.8 Å². The van der Waals surface area contributed by atoms with Crippen molar-refractivity contribution in [3.8, 4) is 0 Å². The van der Waals surface area contributed by atoms with Crippen LogP contribution in [0.2, 0.25) is 0 Å². The van der Waals surface area contributed by atoms with Crippen LogP contribution in [0.25, 0.3) is 0 Å². The molecule has 0 aromatic carbocycles. The van der Waals surface area contributed by atoms with Crippen LogP contribution in [-0.2, 0) is 4.79 Å². The smallest absolute Gasteiger partial charge is 0.156 e. The maximum atomic E-state index is 12.3. The number of likely N-dealkylation sites (N-methyl/N-ethyl adjacent to an activating group) is 1. The monoisotopic (exact) mass is 195 g/mol. The summed E-state index contributed by atoms with van der Waals surface area (Å²) in [6.07, 6.45) is 8.21. The summed E-state index contributed by atoms with van der Waals surface area (Å²) < 4.78 is 0. The highest BCUT2D eigenvalue weighted by atomic mass is 16.1. The fourth-order valence-electron chi connectivity index (χ4n) is 2.92. The largest absolute Gasteiger partial charge is 0.297 e. The van der Waals surface area contributed by atoms with Gasteiger partial charge in [0.2, 0.25) is 0 Å². The lowest BCUT2D eigenvalue weighted by molar-refractivity contribution is -0.136. The number of Topliss-reactive ketones (excluding diaryl/α,β-unsaturated/α-hetero) is 1. The van der Waals surface area contributed by atoms with Gasteiger partial charge < -0.3 is 0 Å². The lowest BCUT2D eigenvalue weighted by Gasteiger charge is -2.40. The van der Waals surface area contributed by atoms with Crippen molar-refractivity contribution in [1.82, 2.24) is 4.90 Å². The zero-order chi connectivity index (χ0) is 10.2. The molecular formula is C12H21NO. The zero-order valence-electron chi connectivity index (χ0n) is 9.38. The van der Waals surface area contributed by atoms with E-state index in [4.69, 9.17) is 0 Å². The van der Waals surface area contributed by atoms with Gasteiger partial charge >= 0.3 is 0 Å². The van der Waals surface area contributed by atoms with Crippen LogP contribution in [0.4, 0.5) is 0 Å². The predicted molar refractivity (Wildman–Crippen MR) is 57.2 cm³/mol. The topological polar surface area (TPSA) is 20.3 Å². The van der Waals surface area contributed by atoms with Crippen molar-refractivity contribution < 1.29 is 4.79 Å². The van der Waals surface area contributed by atoms with Crippen LogP contribution in [0, 0.1) is 5.92 Å². The number of hydrogen-bond donors (Lipinski definition) is 0. The Morgan fingerprint density at radius 1 is 1.14 bits per heavy atom. The fourth-order valence-corrected chi connectivity index (χ4v) is 2.92. The van der Waals surface area contributed by atoms with Crippen molar-refractivity contribution in [3.63, 3.8) is 0 Å². The second-order valence-electron chi connectivity index (χ2n) is 5.13. The summed E-state index contributed by atoms with van der Waals surface area (Å²) in [6, 6.07) is 0. The minimum atomic E-state index is -0.0783. The molecular weight excluding hydrogens is 174 g/mol. The highest BCUT2D eigenvalue weighted by Gasteiger charge is 2.46. The highest BCUT2D eigenvalue weighted by molar-refractivity contribution is 5.91. The van der Waals surface area contributed by atoms with Crippen LogP contribution in [0.15, 0.2) is 0 Å². The first-order valence-electron chi connectivity index (χ1n) is 5.88. The van der Waals surface area contributed by atoms with E-state index < -0.39 is 0 Å². The average molecular weight is 195 g/mol. The van der Waals surface area contributed by atoms with Gasteiger partial charge in [0, 0.05) is 5.92 Å². The van der Waals surface area contributed by atoms with E-state index in [1.165, 1.54) is 19.3 Å². The van der Waals surface area contributed by atoms with E-state index >= 15 is 0 Å². The molecule has 0 heterocycles. The van der Waals surface area contributed by atoms with E-state index in [2.05, 4.69) is 19.0 Å². The Morgan fingerprint density at radius 3 is 2.07 bits per heavy atom. The first kappa shape index (κ1) is 10.2. The molecule has 0 bridgehead atoms. The number of hydrogen-bond acceptors (Lipinski definition) is 2. The van der Waals surface area contributed by atoms with Crippen LogP contribution in [-0.4, -0.2) is 30.3 Å². The Kier molecular flexibility index (Phi) is 2.65. The minimum absolute atomic E-state index is 0.0783. The maximum absolute atomic E-state index is 12.3. The SMILES string of the molecule is CN(C)C1(C(=O)C2CCC2)CCCC1. The van der Waals surface area contributed by atoms with Crippen molar-refractivity contribution in [2.45, 2.75) is 50.5 Å². The summed E-state index contributed by atoms with van der Waals surface area (Å²) in [7, 11) is 4.14. The molecule has 2 saturated carbocycles. The lowest BCUT2D eigenvalue weighted by atomic mass is 9.73. The van der Waals surface area contributed by atoms with Gasteiger partial charge in [-0.25, -0.2) is 0 Å². The average Bonchev–Trinajstić information content (AvgIpc) is 2.49. The second kappa shape index (κ2) is 3.65. The number of carbonyl (C=O) groups excluding carboxylic acids is 1. The third kappa shape index (κ3) is 1.40. The molecule has 2 aliphatic carbocycles. The van der Waals surface area contributed by atoms with Gasteiger partial charge in [0.05, 0.1) is 5.54 Å². The van der Waals surface area contributed by atoms with Gasteiger partial charge in [-0.15, -0.1) is 0 Å². The zero-order valence-corrected chi connectivity index (χ0v) is 9.38. The normalized spacial score (nSPS) is 26.5. The quantitative estimate of drug-likeness (QED) is 0.688. The van der Waals surface area contributed by atoms with E-state index in [1.807, 2.05) is 0 Å². The third-order valence-corrected chi connectivity index (χ3v) is 4.22. The fraction of sp³-hybridized carbons (Fsp3) is 0.917. The molecule has 0 unspecified atom stereocenters. The van der Waals surface area contributed by atoms with Crippen molar-refractivity contribution in [2.75, 3.05) is 14.1 Å². The second-order valence-corrected chi connectivity index (χ2v) is 5.13. The predicted octanol–water partition coefficient (Wildman–Crippen LogP) is 2.23. The van der Waals surface area contributed by atoms with E-state index in [-0.39, 0.29) is 5.54 Å². The molecule has 0 aromatic rings. The van der Waals surface area contributed by atoms with Gasteiger partial charge in [0.15, 0.2) is 5.78 Å². The molecule has 2 aliphatic rings. The van der Waals surface area contributed by atoms with Gasteiger partial charge in [-0.3, -0.25) is 9.69 Å².